The van der Waals surface area contributed by atoms with Crippen molar-refractivity contribution in [2.45, 2.75) is 25.5 Å². The highest BCUT2D eigenvalue weighted by atomic mass is 16.3. The smallest absolute Gasteiger partial charge is 0.272 e. The molecular formula is C24H23N3O2. The largest absolute Gasteiger partial charge is 0.393 e. The predicted molar refractivity (Wildman–Crippen MR) is 114 cm³/mol. The summed E-state index contributed by atoms with van der Waals surface area (Å²) < 4.78 is 2.26. The highest BCUT2D eigenvalue weighted by Crippen LogP contribution is 2.30. The molecule has 2 aromatic carbocycles. The van der Waals surface area contributed by atoms with Crippen molar-refractivity contribution in [2.24, 2.45) is 0 Å². The number of para-hydroxylation sites is 1. The number of aliphatic hydroxyl groups excluding tert-OH is 1. The zero-order valence-corrected chi connectivity index (χ0v) is 16.2. The van der Waals surface area contributed by atoms with Crippen LogP contribution in [0.3, 0.4) is 0 Å². The Morgan fingerprint density at radius 3 is 2.48 bits per heavy atom. The SMILES string of the molecule is O=C(c1cc2c3ccccc3n(Cc3ccccc3)c2cn1)N1CCC(O)CC1. The lowest BCUT2D eigenvalue weighted by atomic mass is 10.1. The molecule has 3 heterocycles. The van der Waals surface area contributed by atoms with Crippen LogP contribution >= 0.6 is 0 Å². The summed E-state index contributed by atoms with van der Waals surface area (Å²) in [6.45, 7) is 1.91. The number of hydrogen-bond acceptors (Lipinski definition) is 3. The second kappa shape index (κ2) is 7.33. The fourth-order valence-electron chi connectivity index (χ4n) is 4.23. The zero-order chi connectivity index (χ0) is 19.8. The molecule has 0 spiro atoms. The van der Waals surface area contributed by atoms with Gasteiger partial charge in [0.25, 0.3) is 5.91 Å². The molecule has 1 saturated heterocycles. The minimum Gasteiger partial charge on any atom is -0.393 e. The molecule has 5 rings (SSSR count). The van der Waals surface area contributed by atoms with Gasteiger partial charge in [-0.3, -0.25) is 4.79 Å². The maximum Gasteiger partial charge on any atom is 0.272 e. The lowest BCUT2D eigenvalue weighted by Gasteiger charge is -2.29. The van der Waals surface area contributed by atoms with Crippen molar-refractivity contribution in [1.29, 1.82) is 0 Å². The summed E-state index contributed by atoms with van der Waals surface area (Å²) in [7, 11) is 0. The molecule has 5 heteroatoms. The lowest BCUT2D eigenvalue weighted by Crippen LogP contribution is -2.40. The van der Waals surface area contributed by atoms with Gasteiger partial charge in [0, 0.05) is 35.9 Å². The van der Waals surface area contributed by atoms with E-state index in [0.29, 0.717) is 31.6 Å². The quantitative estimate of drug-likeness (QED) is 0.583. The third-order valence-corrected chi connectivity index (χ3v) is 5.81. The minimum absolute atomic E-state index is 0.0568. The Hall–Kier alpha value is -3.18. The number of aromatic nitrogens is 2. The summed E-state index contributed by atoms with van der Waals surface area (Å²) in [6, 6.07) is 20.6. The van der Waals surface area contributed by atoms with Crippen LogP contribution in [0.25, 0.3) is 21.8 Å². The maximum absolute atomic E-state index is 13.0. The summed E-state index contributed by atoms with van der Waals surface area (Å²) in [5.41, 5.74) is 3.86. The Kier molecular flexibility index (Phi) is 4.52. The second-order valence-corrected chi connectivity index (χ2v) is 7.70. The number of carbonyl (C=O) groups excluding carboxylic acids is 1. The summed E-state index contributed by atoms with van der Waals surface area (Å²) >= 11 is 0. The topological polar surface area (TPSA) is 58.4 Å². The Morgan fingerprint density at radius 2 is 1.69 bits per heavy atom. The number of amides is 1. The highest BCUT2D eigenvalue weighted by molar-refractivity contribution is 6.09. The first kappa shape index (κ1) is 17.9. The molecule has 146 valence electrons. The average molecular weight is 385 g/mol. The molecule has 1 aliphatic heterocycles. The molecule has 29 heavy (non-hydrogen) atoms. The standard InChI is InChI=1S/C24H23N3O2/c28-18-10-12-26(13-11-18)24(29)21-14-20-19-8-4-5-9-22(19)27(23(20)15-25-21)16-17-6-2-1-3-7-17/h1-9,14-15,18,28H,10-13,16H2. The van der Waals surface area contributed by atoms with Crippen LogP contribution in [0.1, 0.15) is 28.9 Å². The molecule has 1 aliphatic rings. The summed E-state index contributed by atoms with van der Waals surface area (Å²) in [4.78, 5) is 19.3. The van der Waals surface area contributed by atoms with Gasteiger partial charge in [-0.05, 0) is 30.5 Å². The van der Waals surface area contributed by atoms with Gasteiger partial charge in [-0.2, -0.15) is 0 Å². The molecule has 1 fully saturated rings. The van der Waals surface area contributed by atoms with E-state index in [0.717, 1.165) is 28.4 Å². The van der Waals surface area contributed by atoms with E-state index in [9.17, 15) is 9.90 Å². The number of rotatable bonds is 3. The number of pyridine rings is 1. The van der Waals surface area contributed by atoms with Gasteiger partial charge in [0.1, 0.15) is 5.69 Å². The monoisotopic (exact) mass is 385 g/mol. The van der Waals surface area contributed by atoms with Crippen molar-refractivity contribution in [1.82, 2.24) is 14.5 Å². The van der Waals surface area contributed by atoms with Gasteiger partial charge in [0.05, 0.1) is 17.8 Å². The molecule has 0 radical (unpaired) electrons. The Labute approximate surface area is 169 Å². The molecule has 5 nitrogen and oxygen atoms in total. The first-order valence-electron chi connectivity index (χ1n) is 10.1. The van der Waals surface area contributed by atoms with E-state index in [-0.39, 0.29) is 12.0 Å². The molecule has 4 aromatic rings. The van der Waals surface area contributed by atoms with Crippen LogP contribution in [0.4, 0.5) is 0 Å². The van der Waals surface area contributed by atoms with Gasteiger partial charge in [0.15, 0.2) is 0 Å². The number of aliphatic hydroxyl groups is 1. The number of nitrogens with zero attached hydrogens (tertiary/aromatic N) is 3. The fourth-order valence-corrected chi connectivity index (χ4v) is 4.23. The normalized spacial score (nSPS) is 15.3. The second-order valence-electron chi connectivity index (χ2n) is 7.70. The molecule has 0 atom stereocenters. The third-order valence-electron chi connectivity index (χ3n) is 5.81. The number of piperidine rings is 1. The van der Waals surface area contributed by atoms with Crippen LogP contribution in [0.15, 0.2) is 66.9 Å². The Balaban J connectivity index is 1.58. The van der Waals surface area contributed by atoms with Crippen LogP contribution in [-0.2, 0) is 6.54 Å². The number of fused-ring (bicyclic) bond motifs is 3. The Bertz CT molecular complexity index is 1170. The van der Waals surface area contributed by atoms with Crippen molar-refractivity contribution < 1.29 is 9.90 Å². The van der Waals surface area contributed by atoms with E-state index in [4.69, 9.17) is 0 Å². The number of hydrogen-bond donors (Lipinski definition) is 1. The van der Waals surface area contributed by atoms with E-state index in [1.54, 1.807) is 4.90 Å². The first-order chi connectivity index (χ1) is 14.2. The highest BCUT2D eigenvalue weighted by Gasteiger charge is 2.24. The predicted octanol–water partition coefficient (Wildman–Crippen LogP) is 3.83. The van der Waals surface area contributed by atoms with Crippen molar-refractivity contribution in [3.8, 4) is 0 Å². The van der Waals surface area contributed by atoms with Crippen LogP contribution in [0.2, 0.25) is 0 Å². The van der Waals surface area contributed by atoms with Crippen molar-refractivity contribution >= 4 is 27.7 Å². The van der Waals surface area contributed by atoms with E-state index in [2.05, 4.69) is 33.8 Å². The lowest BCUT2D eigenvalue weighted by molar-refractivity contribution is 0.0541. The fraction of sp³-hybridized carbons (Fsp3) is 0.250. The van der Waals surface area contributed by atoms with Crippen LogP contribution in [0.5, 0.6) is 0 Å². The number of likely N-dealkylation sites (tertiary alicyclic amines) is 1. The van der Waals surface area contributed by atoms with Gasteiger partial charge in [-0.1, -0.05) is 48.5 Å². The van der Waals surface area contributed by atoms with E-state index >= 15 is 0 Å². The molecule has 0 bridgehead atoms. The van der Waals surface area contributed by atoms with Crippen molar-refractivity contribution in [3.63, 3.8) is 0 Å². The van der Waals surface area contributed by atoms with E-state index < -0.39 is 0 Å². The van der Waals surface area contributed by atoms with Gasteiger partial charge in [-0.15, -0.1) is 0 Å². The maximum atomic E-state index is 13.0. The summed E-state index contributed by atoms with van der Waals surface area (Å²) in [5.74, 6) is -0.0568. The van der Waals surface area contributed by atoms with Gasteiger partial charge < -0.3 is 14.6 Å². The van der Waals surface area contributed by atoms with Crippen molar-refractivity contribution in [3.05, 3.63) is 78.1 Å². The third kappa shape index (κ3) is 3.28. The van der Waals surface area contributed by atoms with Crippen LogP contribution in [-0.4, -0.2) is 44.7 Å². The molecule has 0 unspecified atom stereocenters. The van der Waals surface area contributed by atoms with Crippen LogP contribution in [0, 0.1) is 0 Å². The number of benzene rings is 2. The van der Waals surface area contributed by atoms with E-state index in [1.165, 1.54) is 5.56 Å². The minimum atomic E-state index is -0.301. The molecule has 1 N–H and O–H groups in total. The molecule has 2 aromatic heterocycles. The van der Waals surface area contributed by atoms with Crippen molar-refractivity contribution in [2.75, 3.05) is 13.1 Å². The summed E-state index contributed by atoms with van der Waals surface area (Å²) in [6.07, 6.45) is 2.78. The first-order valence-corrected chi connectivity index (χ1v) is 10.1. The Morgan fingerprint density at radius 1 is 0.966 bits per heavy atom. The van der Waals surface area contributed by atoms with Gasteiger partial charge >= 0.3 is 0 Å². The molecule has 1 amide bonds. The van der Waals surface area contributed by atoms with Gasteiger partial charge in [-0.25, -0.2) is 4.98 Å². The van der Waals surface area contributed by atoms with Gasteiger partial charge in [0.2, 0.25) is 0 Å². The number of carbonyl (C=O) groups is 1. The summed E-state index contributed by atoms with van der Waals surface area (Å²) in [5, 5.41) is 11.9. The molecule has 0 saturated carbocycles. The zero-order valence-electron chi connectivity index (χ0n) is 16.2. The van der Waals surface area contributed by atoms with E-state index in [1.807, 2.05) is 42.6 Å². The average Bonchev–Trinajstić information content (AvgIpc) is 3.08. The molecular weight excluding hydrogens is 362 g/mol. The van der Waals surface area contributed by atoms with Crippen LogP contribution < -0.4 is 0 Å². The molecule has 0 aliphatic carbocycles.